The molecule has 3 heteroatoms. The van der Waals surface area contributed by atoms with Crippen molar-refractivity contribution in [3.8, 4) is 0 Å². The average Bonchev–Trinajstić information content (AvgIpc) is 2.42. The molecule has 0 unspecified atom stereocenters. The molecule has 0 fully saturated rings. The first kappa shape index (κ1) is 16.5. The number of aliphatic hydroxyl groups excluding tert-OH is 1. The zero-order valence-corrected chi connectivity index (χ0v) is 13.2. The summed E-state index contributed by atoms with van der Waals surface area (Å²) in [4.78, 5) is 3.75. The minimum Gasteiger partial charge on any atom is -0.395 e. The molecule has 1 aromatic carbocycles. The van der Waals surface area contributed by atoms with E-state index in [0.29, 0.717) is 6.04 Å². The lowest BCUT2D eigenvalue weighted by Gasteiger charge is -2.29. The first-order chi connectivity index (χ1) is 9.21. The van der Waals surface area contributed by atoms with Gasteiger partial charge in [-0.05, 0) is 31.9 Å². The van der Waals surface area contributed by atoms with Crippen molar-refractivity contribution < 1.29 is 5.11 Å². The van der Waals surface area contributed by atoms with Gasteiger partial charge < -0.3 is 5.11 Å². The third-order valence-electron chi connectivity index (χ3n) is 3.51. The van der Waals surface area contributed by atoms with E-state index in [0.717, 1.165) is 31.7 Å². The van der Waals surface area contributed by atoms with Crippen LogP contribution in [0, 0.1) is 6.92 Å². The molecule has 108 valence electrons. The Bertz CT molecular complexity index is 335. The van der Waals surface area contributed by atoms with Crippen LogP contribution in [-0.2, 0) is 0 Å². The smallest absolute Gasteiger partial charge is 0.0558 e. The topological polar surface area (TPSA) is 23.5 Å². The molecule has 2 nitrogen and oxygen atoms in total. The summed E-state index contributed by atoms with van der Waals surface area (Å²) in [6, 6.07) is 9.30. The van der Waals surface area contributed by atoms with Crippen molar-refractivity contribution in [2.45, 2.75) is 44.6 Å². The lowest BCUT2D eigenvalue weighted by molar-refractivity contribution is 0.151. The van der Waals surface area contributed by atoms with Crippen molar-refractivity contribution in [3.05, 3.63) is 29.8 Å². The van der Waals surface area contributed by atoms with Crippen LogP contribution in [0.4, 0.5) is 0 Å². The van der Waals surface area contributed by atoms with E-state index in [-0.39, 0.29) is 6.61 Å². The van der Waals surface area contributed by atoms with Crippen molar-refractivity contribution in [2.24, 2.45) is 0 Å². The van der Waals surface area contributed by atoms with E-state index in [1.165, 1.54) is 10.5 Å². The minimum absolute atomic E-state index is 0.256. The number of aliphatic hydroxyl groups is 1. The van der Waals surface area contributed by atoms with Gasteiger partial charge in [-0.3, -0.25) is 4.90 Å². The van der Waals surface area contributed by atoms with Crippen LogP contribution in [0.3, 0.4) is 0 Å². The molecule has 0 aliphatic rings. The minimum atomic E-state index is 0.256. The van der Waals surface area contributed by atoms with E-state index in [1.54, 1.807) is 0 Å². The van der Waals surface area contributed by atoms with Gasteiger partial charge in [0, 0.05) is 29.8 Å². The molecule has 0 spiro atoms. The van der Waals surface area contributed by atoms with Crippen LogP contribution in [0.25, 0.3) is 0 Å². The van der Waals surface area contributed by atoms with Crippen molar-refractivity contribution in [3.63, 3.8) is 0 Å². The number of hydrogen-bond donors (Lipinski definition) is 1. The number of thioether (sulfide) groups is 1. The number of hydrogen-bond acceptors (Lipinski definition) is 3. The van der Waals surface area contributed by atoms with Crippen molar-refractivity contribution in [1.29, 1.82) is 0 Å². The van der Waals surface area contributed by atoms with Crippen LogP contribution in [0.5, 0.6) is 0 Å². The fourth-order valence-electron chi connectivity index (χ4n) is 2.33. The van der Waals surface area contributed by atoms with Gasteiger partial charge in [-0.1, -0.05) is 31.5 Å². The Balaban J connectivity index is 2.41. The molecule has 0 bridgehead atoms. The van der Waals surface area contributed by atoms with E-state index in [1.807, 2.05) is 11.8 Å². The fourth-order valence-corrected chi connectivity index (χ4v) is 3.22. The summed E-state index contributed by atoms with van der Waals surface area (Å²) in [7, 11) is 0. The van der Waals surface area contributed by atoms with Crippen molar-refractivity contribution in [1.82, 2.24) is 4.90 Å². The Labute approximate surface area is 122 Å². The van der Waals surface area contributed by atoms with Gasteiger partial charge in [-0.2, -0.15) is 0 Å². The maximum atomic E-state index is 9.18. The van der Waals surface area contributed by atoms with Gasteiger partial charge in [0.1, 0.15) is 0 Å². The number of benzene rings is 1. The summed E-state index contributed by atoms with van der Waals surface area (Å²) in [5.41, 5.74) is 1.31. The Morgan fingerprint density at radius 1 is 1.11 bits per heavy atom. The van der Waals surface area contributed by atoms with E-state index in [2.05, 4.69) is 49.9 Å². The maximum absolute atomic E-state index is 9.18. The standard InChI is InChI=1S/C16H27NOS/c1-4-15(5-2)17(10-12-18)11-13-19-16-8-6-14(3)7-9-16/h6-9,15,18H,4-5,10-13H2,1-3H3. The zero-order valence-electron chi connectivity index (χ0n) is 12.4. The van der Waals surface area contributed by atoms with E-state index < -0.39 is 0 Å². The average molecular weight is 281 g/mol. The fraction of sp³-hybridized carbons (Fsp3) is 0.625. The first-order valence-corrected chi connectivity index (χ1v) is 8.24. The van der Waals surface area contributed by atoms with E-state index in [9.17, 15) is 5.11 Å². The van der Waals surface area contributed by atoms with Gasteiger partial charge in [0.15, 0.2) is 0 Å². The zero-order chi connectivity index (χ0) is 14.1. The van der Waals surface area contributed by atoms with Gasteiger partial charge in [0.05, 0.1) is 6.61 Å². The highest BCUT2D eigenvalue weighted by molar-refractivity contribution is 7.99. The van der Waals surface area contributed by atoms with Crippen LogP contribution < -0.4 is 0 Å². The Kier molecular flexibility index (Phi) is 8.19. The molecule has 0 amide bonds. The number of rotatable bonds is 9. The van der Waals surface area contributed by atoms with Gasteiger partial charge in [0.2, 0.25) is 0 Å². The molecule has 19 heavy (non-hydrogen) atoms. The summed E-state index contributed by atoms with van der Waals surface area (Å²) in [6.07, 6.45) is 2.32. The molecular weight excluding hydrogens is 254 g/mol. The summed E-state index contributed by atoms with van der Waals surface area (Å²) < 4.78 is 0. The number of aryl methyl sites for hydroxylation is 1. The molecule has 1 N–H and O–H groups in total. The van der Waals surface area contributed by atoms with Crippen LogP contribution in [0.2, 0.25) is 0 Å². The molecule has 0 heterocycles. The predicted molar refractivity (Wildman–Crippen MR) is 84.9 cm³/mol. The highest BCUT2D eigenvalue weighted by Gasteiger charge is 2.13. The Morgan fingerprint density at radius 3 is 2.26 bits per heavy atom. The SMILES string of the molecule is CCC(CC)N(CCO)CCSc1ccc(C)cc1. The molecule has 0 aromatic heterocycles. The summed E-state index contributed by atoms with van der Waals surface area (Å²) in [6.45, 7) is 8.67. The lowest BCUT2D eigenvalue weighted by Crippen LogP contribution is -2.38. The Morgan fingerprint density at radius 2 is 1.74 bits per heavy atom. The van der Waals surface area contributed by atoms with E-state index >= 15 is 0 Å². The first-order valence-electron chi connectivity index (χ1n) is 7.25. The highest BCUT2D eigenvalue weighted by Crippen LogP contribution is 2.19. The van der Waals surface area contributed by atoms with E-state index in [4.69, 9.17) is 0 Å². The van der Waals surface area contributed by atoms with Crippen molar-refractivity contribution >= 4 is 11.8 Å². The van der Waals surface area contributed by atoms with Gasteiger partial charge in [-0.15, -0.1) is 11.8 Å². The highest BCUT2D eigenvalue weighted by atomic mass is 32.2. The summed E-state index contributed by atoms with van der Waals surface area (Å²) >= 11 is 1.90. The molecule has 0 aliphatic carbocycles. The van der Waals surface area contributed by atoms with Gasteiger partial charge in [-0.25, -0.2) is 0 Å². The number of nitrogens with zero attached hydrogens (tertiary/aromatic N) is 1. The second-order valence-corrected chi connectivity index (χ2v) is 6.06. The largest absolute Gasteiger partial charge is 0.395 e. The van der Waals surface area contributed by atoms with Crippen LogP contribution in [0.1, 0.15) is 32.3 Å². The van der Waals surface area contributed by atoms with Gasteiger partial charge >= 0.3 is 0 Å². The monoisotopic (exact) mass is 281 g/mol. The second-order valence-electron chi connectivity index (χ2n) is 4.89. The molecule has 1 rings (SSSR count). The third kappa shape index (κ3) is 5.98. The molecule has 0 aliphatic heterocycles. The molecular formula is C16H27NOS. The van der Waals surface area contributed by atoms with Crippen molar-refractivity contribution in [2.75, 3.05) is 25.4 Å². The molecule has 0 saturated heterocycles. The van der Waals surface area contributed by atoms with Gasteiger partial charge in [0.25, 0.3) is 0 Å². The molecule has 0 saturated carbocycles. The Hall–Kier alpha value is -0.510. The quantitative estimate of drug-likeness (QED) is 0.700. The molecule has 0 radical (unpaired) electrons. The summed E-state index contributed by atoms with van der Waals surface area (Å²) in [5.74, 6) is 1.08. The second kappa shape index (κ2) is 9.40. The predicted octanol–water partition coefficient (Wildman–Crippen LogP) is 3.57. The molecule has 0 atom stereocenters. The maximum Gasteiger partial charge on any atom is 0.0558 e. The summed E-state index contributed by atoms with van der Waals surface area (Å²) in [5, 5.41) is 9.18. The molecule has 1 aromatic rings. The van der Waals surface area contributed by atoms with Crippen LogP contribution in [0.15, 0.2) is 29.2 Å². The van der Waals surface area contributed by atoms with Crippen LogP contribution >= 0.6 is 11.8 Å². The normalized spacial score (nSPS) is 11.5. The van der Waals surface area contributed by atoms with Crippen LogP contribution in [-0.4, -0.2) is 41.5 Å². The third-order valence-corrected chi connectivity index (χ3v) is 4.51. The lowest BCUT2D eigenvalue weighted by atomic mass is 10.1.